The first-order valence-electron chi connectivity index (χ1n) is 4.50. The molecule has 0 aliphatic carbocycles. The van der Waals surface area contributed by atoms with Crippen LogP contribution in [0.5, 0.6) is 0 Å². The van der Waals surface area contributed by atoms with Crippen LogP contribution in [0.2, 0.25) is 5.02 Å². The van der Waals surface area contributed by atoms with E-state index in [1.807, 2.05) is 0 Å². The largest absolute Gasteiger partial charge is 0.366 e. The van der Waals surface area contributed by atoms with E-state index in [1.54, 1.807) is 0 Å². The van der Waals surface area contributed by atoms with E-state index in [4.69, 9.17) is 17.3 Å². The summed E-state index contributed by atoms with van der Waals surface area (Å²) in [5, 5.41) is 8.41. The number of rotatable bonds is 2. The molecule has 0 aliphatic heterocycles. The summed E-state index contributed by atoms with van der Waals surface area (Å²) >= 11 is 5.78. The van der Waals surface area contributed by atoms with Gasteiger partial charge in [0.15, 0.2) is 0 Å². The summed E-state index contributed by atoms with van der Waals surface area (Å²) in [7, 11) is 0. The van der Waals surface area contributed by atoms with Crippen LogP contribution in [0.4, 0.5) is 16.0 Å². The molecule has 8 heteroatoms. The van der Waals surface area contributed by atoms with Crippen LogP contribution in [0.15, 0.2) is 18.2 Å². The Morgan fingerprint density at radius 1 is 1.53 bits per heavy atom. The lowest BCUT2D eigenvalue weighted by Crippen LogP contribution is -2.14. The molecule has 0 bridgehead atoms. The molecule has 1 aromatic heterocycles. The first-order chi connectivity index (χ1) is 8.06. The number of nitrogen functional groups attached to an aromatic ring is 1. The maximum Gasteiger partial charge on any atom is 0.293 e. The molecule has 0 spiro atoms. The summed E-state index contributed by atoms with van der Waals surface area (Å²) in [6, 6.07) is 3.62. The maximum absolute atomic E-state index is 12.9. The van der Waals surface area contributed by atoms with Gasteiger partial charge < -0.3 is 11.1 Å². The van der Waals surface area contributed by atoms with Crippen LogP contribution in [0.1, 0.15) is 10.6 Å². The molecule has 0 saturated heterocycles. The smallest absolute Gasteiger partial charge is 0.293 e. The number of nitrogens with two attached hydrogens (primary N) is 1. The Bertz CT molecular complexity index is 570. The molecule has 17 heavy (non-hydrogen) atoms. The van der Waals surface area contributed by atoms with Gasteiger partial charge >= 0.3 is 0 Å². The van der Waals surface area contributed by atoms with Crippen LogP contribution in [-0.4, -0.2) is 21.1 Å². The van der Waals surface area contributed by atoms with E-state index in [0.29, 0.717) is 0 Å². The molecule has 6 nitrogen and oxygen atoms in total. The van der Waals surface area contributed by atoms with Gasteiger partial charge in [-0.05, 0) is 18.2 Å². The van der Waals surface area contributed by atoms with Gasteiger partial charge in [0.1, 0.15) is 5.82 Å². The zero-order chi connectivity index (χ0) is 12.4. The van der Waals surface area contributed by atoms with Gasteiger partial charge in [-0.2, -0.15) is 4.98 Å². The first kappa shape index (κ1) is 11.3. The summed E-state index contributed by atoms with van der Waals surface area (Å²) < 4.78 is 12.9. The molecule has 0 atom stereocenters. The van der Waals surface area contributed by atoms with Crippen LogP contribution in [-0.2, 0) is 0 Å². The highest BCUT2D eigenvalue weighted by Crippen LogP contribution is 2.22. The Kier molecular flexibility index (Phi) is 2.92. The molecule has 4 N–H and O–H groups in total. The van der Waals surface area contributed by atoms with E-state index in [9.17, 15) is 9.18 Å². The Balaban J connectivity index is 2.21. The number of hydrogen-bond acceptors (Lipinski definition) is 4. The number of hydrogen-bond donors (Lipinski definition) is 3. The number of carbonyl (C=O) groups excluding carboxylic acids is 1. The predicted molar refractivity (Wildman–Crippen MR) is 60.2 cm³/mol. The number of carbonyl (C=O) groups is 1. The molecule has 2 aromatic rings. The van der Waals surface area contributed by atoms with E-state index in [1.165, 1.54) is 12.1 Å². The van der Waals surface area contributed by atoms with Crippen molar-refractivity contribution in [2.45, 2.75) is 0 Å². The van der Waals surface area contributed by atoms with E-state index >= 15 is 0 Å². The SMILES string of the molecule is Nc1n[nH]c(C(=O)Nc2cc(F)ccc2Cl)n1. The number of H-pyrrole nitrogens is 1. The number of nitrogens with zero attached hydrogens (tertiary/aromatic N) is 2. The molecule has 1 amide bonds. The molecule has 1 heterocycles. The monoisotopic (exact) mass is 255 g/mol. The van der Waals surface area contributed by atoms with Gasteiger partial charge in [-0.25, -0.2) is 4.39 Å². The van der Waals surface area contributed by atoms with Gasteiger partial charge in [0.2, 0.25) is 11.8 Å². The highest BCUT2D eigenvalue weighted by Gasteiger charge is 2.12. The number of benzene rings is 1. The van der Waals surface area contributed by atoms with Gasteiger partial charge in [-0.1, -0.05) is 11.6 Å². The van der Waals surface area contributed by atoms with Crippen molar-refractivity contribution in [2.24, 2.45) is 0 Å². The van der Waals surface area contributed by atoms with Crippen molar-refractivity contribution in [1.82, 2.24) is 15.2 Å². The Morgan fingerprint density at radius 2 is 2.29 bits per heavy atom. The Labute approximate surface area is 100.0 Å². The van der Waals surface area contributed by atoms with Crippen molar-refractivity contribution < 1.29 is 9.18 Å². The van der Waals surface area contributed by atoms with Crippen LogP contribution < -0.4 is 11.1 Å². The van der Waals surface area contributed by atoms with Crippen molar-refractivity contribution in [3.8, 4) is 0 Å². The van der Waals surface area contributed by atoms with Gasteiger partial charge in [-0.15, -0.1) is 5.10 Å². The summed E-state index contributed by atoms with van der Waals surface area (Å²) in [5.74, 6) is -1.26. The van der Waals surface area contributed by atoms with Crippen LogP contribution >= 0.6 is 11.6 Å². The van der Waals surface area contributed by atoms with E-state index in [0.717, 1.165) is 6.07 Å². The third kappa shape index (κ3) is 2.51. The molecular formula is C9H7ClFN5O. The number of amides is 1. The lowest BCUT2D eigenvalue weighted by Gasteiger charge is -2.04. The van der Waals surface area contributed by atoms with E-state index < -0.39 is 11.7 Å². The van der Waals surface area contributed by atoms with Crippen LogP contribution in [0, 0.1) is 5.82 Å². The number of anilines is 2. The molecule has 0 fully saturated rings. The lowest BCUT2D eigenvalue weighted by molar-refractivity contribution is 0.101. The normalized spacial score (nSPS) is 10.2. The highest BCUT2D eigenvalue weighted by molar-refractivity contribution is 6.33. The topological polar surface area (TPSA) is 96.7 Å². The lowest BCUT2D eigenvalue weighted by atomic mass is 10.3. The van der Waals surface area contributed by atoms with Gasteiger partial charge in [-0.3, -0.25) is 9.89 Å². The summed E-state index contributed by atoms with van der Waals surface area (Å²) in [6.07, 6.45) is 0. The third-order valence-corrected chi connectivity index (χ3v) is 2.22. The molecule has 1 aromatic carbocycles. The molecule has 0 unspecified atom stereocenters. The van der Waals surface area contributed by atoms with Crippen molar-refractivity contribution in [3.05, 3.63) is 34.9 Å². The summed E-state index contributed by atoms with van der Waals surface area (Å²) in [5.41, 5.74) is 5.39. The van der Waals surface area contributed by atoms with Crippen molar-refractivity contribution in [1.29, 1.82) is 0 Å². The zero-order valence-electron chi connectivity index (χ0n) is 8.37. The molecule has 0 saturated carbocycles. The molecule has 88 valence electrons. The minimum Gasteiger partial charge on any atom is -0.366 e. The van der Waals surface area contributed by atoms with Gasteiger partial charge in [0.05, 0.1) is 10.7 Å². The number of aromatic nitrogens is 3. The van der Waals surface area contributed by atoms with Crippen LogP contribution in [0.25, 0.3) is 0 Å². The average Bonchev–Trinajstić information content (AvgIpc) is 2.70. The standard InChI is InChI=1S/C9H7ClFN5O/c10-5-2-1-4(11)3-6(5)13-8(17)7-14-9(12)16-15-7/h1-3H,(H,13,17)(H3,12,14,15,16). The Hall–Kier alpha value is -2.15. The van der Waals surface area contributed by atoms with Crippen molar-refractivity contribution in [3.63, 3.8) is 0 Å². The molecular weight excluding hydrogens is 249 g/mol. The number of aromatic amines is 1. The fourth-order valence-electron chi connectivity index (χ4n) is 1.15. The second kappa shape index (κ2) is 4.38. The molecule has 2 rings (SSSR count). The number of halogens is 2. The van der Waals surface area contributed by atoms with E-state index in [-0.39, 0.29) is 22.5 Å². The van der Waals surface area contributed by atoms with Gasteiger partial charge in [0.25, 0.3) is 5.91 Å². The average molecular weight is 256 g/mol. The van der Waals surface area contributed by atoms with Crippen molar-refractivity contribution >= 4 is 29.1 Å². The minimum atomic E-state index is -0.610. The summed E-state index contributed by atoms with van der Waals surface area (Å²) in [4.78, 5) is 15.2. The quantitative estimate of drug-likeness (QED) is 0.756. The van der Waals surface area contributed by atoms with Crippen molar-refractivity contribution in [2.75, 3.05) is 11.1 Å². The second-order valence-electron chi connectivity index (χ2n) is 3.12. The zero-order valence-corrected chi connectivity index (χ0v) is 9.12. The summed E-state index contributed by atoms with van der Waals surface area (Å²) in [6.45, 7) is 0. The molecule has 0 aliphatic rings. The fraction of sp³-hybridized carbons (Fsp3) is 0. The Morgan fingerprint density at radius 3 is 2.94 bits per heavy atom. The molecule has 0 radical (unpaired) electrons. The van der Waals surface area contributed by atoms with E-state index in [2.05, 4.69) is 20.5 Å². The fourth-order valence-corrected chi connectivity index (χ4v) is 1.32. The van der Waals surface area contributed by atoms with Crippen LogP contribution in [0.3, 0.4) is 0 Å². The first-order valence-corrected chi connectivity index (χ1v) is 4.88. The van der Waals surface area contributed by atoms with Gasteiger partial charge in [0, 0.05) is 0 Å². The third-order valence-electron chi connectivity index (χ3n) is 1.89. The second-order valence-corrected chi connectivity index (χ2v) is 3.53. The number of nitrogens with one attached hydrogen (secondary N) is 2. The highest BCUT2D eigenvalue weighted by atomic mass is 35.5. The maximum atomic E-state index is 12.9. The predicted octanol–water partition coefficient (Wildman–Crippen LogP) is 1.43. The minimum absolute atomic E-state index is 0.0551.